The summed E-state index contributed by atoms with van der Waals surface area (Å²) in [5.74, 6) is -0.179. The van der Waals surface area contributed by atoms with Crippen molar-refractivity contribution < 1.29 is 13.2 Å². The molecule has 1 amide bonds. The number of aromatic nitrogens is 1. The number of hydrogen-bond acceptors (Lipinski definition) is 4. The first-order chi connectivity index (χ1) is 10.8. The molecule has 0 aliphatic carbocycles. The molecule has 23 heavy (non-hydrogen) atoms. The SMILES string of the molecule is CC(C)NC(=O)CCN(c1cccc2cccnc12)S(C)(=O)=O. The van der Waals surface area contributed by atoms with Crippen molar-refractivity contribution >= 4 is 32.5 Å². The van der Waals surface area contributed by atoms with E-state index in [0.717, 1.165) is 11.6 Å². The maximum absolute atomic E-state index is 12.2. The van der Waals surface area contributed by atoms with E-state index in [1.165, 1.54) is 4.31 Å². The largest absolute Gasteiger partial charge is 0.354 e. The predicted molar refractivity (Wildman–Crippen MR) is 91.8 cm³/mol. The van der Waals surface area contributed by atoms with E-state index >= 15 is 0 Å². The first kappa shape index (κ1) is 17.2. The van der Waals surface area contributed by atoms with Gasteiger partial charge in [0.15, 0.2) is 0 Å². The van der Waals surface area contributed by atoms with E-state index in [0.29, 0.717) is 11.2 Å². The normalized spacial score (nSPS) is 11.7. The fourth-order valence-corrected chi connectivity index (χ4v) is 3.28. The van der Waals surface area contributed by atoms with Crippen LogP contribution in [0.4, 0.5) is 5.69 Å². The van der Waals surface area contributed by atoms with E-state index in [1.54, 1.807) is 24.4 Å². The zero-order valence-electron chi connectivity index (χ0n) is 13.5. The van der Waals surface area contributed by atoms with Crippen LogP contribution in [-0.2, 0) is 14.8 Å². The number of benzene rings is 1. The Bertz CT molecular complexity index is 798. The highest BCUT2D eigenvalue weighted by atomic mass is 32.2. The van der Waals surface area contributed by atoms with Crippen LogP contribution >= 0.6 is 0 Å². The zero-order valence-corrected chi connectivity index (χ0v) is 14.3. The first-order valence-corrected chi connectivity index (χ1v) is 9.24. The van der Waals surface area contributed by atoms with Gasteiger partial charge in [-0.1, -0.05) is 18.2 Å². The molecule has 2 rings (SSSR count). The Morgan fingerprint density at radius 3 is 2.61 bits per heavy atom. The predicted octanol–water partition coefficient (Wildman–Crippen LogP) is 1.92. The summed E-state index contributed by atoms with van der Waals surface area (Å²) in [6.07, 6.45) is 2.85. The molecule has 0 bridgehead atoms. The van der Waals surface area contributed by atoms with Crippen LogP contribution in [0, 0.1) is 0 Å². The minimum Gasteiger partial charge on any atom is -0.354 e. The smallest absolute Gasteiger partial charge is 0.232 e. The van der Waals surface area contributed by atoms with E-state index < -0.39 is 10.0 Å². The molecular formula is C16H21N3O3S. The Hall–Kier alpha value is -2.15. The van der Waals surface area contributed by atoms with Crippen LogP contribution in [0.25, 0.3) is 10.9 Å². The Balaban J connectivity index is 2.34. The van der Waals surface area contributed by atoms with Crippen LogP contribution in [-0.4, -0.2) is 38.2 Å². The van der Waals surface area contributed by atoms with Gasteiger partial charge in [-0.3, -0.25) is 14.1 Å². The molecule has 0 radical (unpaired) electrons. The van der Waals surface area contributed by atoms with Crippen molar-refractivity contribution in [2.45, 2.75) is 26.3 Å². The molecule has 0 spiro atoms. The molecule has 0 atom stereocenters. The van der Waals surface area contributed by atoms with Crippen molar-refractivity contribution in [1.82, 2.24) is 10.3 Å². The number of anilines is 1. The van der Waals surface area contributed by atoms with Gasteiger partial charge in [-0.2, -0.15) is 0 Å². The average molecular weight is 335 g/mol. The first-order valence-electron chi connectivity index (χ1n) is 7.40. The maximum atomic E-state index is 12.2. The number of fused-ring (bicyclic) bond motifs is 1. The van der Waals surface area contributed by atoms with Crippen molar-refractivity contribution in [3.63, 3.8) is 0 Å². The van der Waals surface area contributed by atoms with Crippen LogP contribution < -0.4 is 9.62 Å². The summed E-state index contributed by atoms with van der Waals surface area (Å²) in [7, 11) is -3.52. The average Bonchev–Trinajstić information content (AvgIpc) is 2.45. The quantitative estimate of drug-likeness (QED) is 0.874. The fourth-order valence-electron chi connectivity index (χ4n) is 2.35. The number of para-hydroxylation sites is 1. The molecule has 1 N–H and O–H groups in total. The van der Waals surface area contributed by atoms with E-state index in [4.69, 9.17) is 0 Å². The molecule has 1 aromatic carbocycles. The molecule has 1 aromatic heterocycles. The van der Waals surface area contributed by atoms with Crippen LogP contribution in [0.1, 0.15) is 20.3 Å². The number of hydrogen-bond donors (Lipinski definition) is 1. The zero-order chi connectivity index (χ0) is 17.0. The lowest BCUT2D eigenvalue weighted by atomic mass is 10.2. The molecule has 7 heteroatoms. The summed E-state index contributed by atoms with van der Waals surface area (Å²) in [4.78, 5) is 16.1. The van der Waals surface area contributed by atoms with E-state index in [1.807, 2.05) is 26.0 Å². The fraction of sp³-hybridized carbons (Fsp3) is 0.375. The molecule has 0 aliphatic heterocycles. The van der Waals surface area contributed by atoms with Crippen LogP contribution in [0.3, 0.4) is 0 Å². The highest BCUT2D eigenvalue weighted by Gasteiger charge is 2.21. The second-order valence-corrected chi connectivity index (χ2v) is 7.57. The topological polar surface area (TPSA) is 79.4 Å². The molecule has 6 nitrogen and oxygen atoms in total. The summed E-state index contributed by atoms with van der Waals surface area (Å²) in [5, 5.41) is 3.61. The molecule has 0 aliphatic rings. The van der Waals surface area contributed by atoms with Crippen molar-refractivity contribution in [3.05, 3.63) is 36.5 Å². The summed E-state index contributed by atoms with van der Waals surface area (Å²) in [6.45, 7) is 3.80. The van der Waals surface area contributed by atoms with Gasteiger partial charge in [0.1, 0.15) is 0 Å². The van der Waals surface area contributed by atoms with E-state index in [2.05, 4.69) is 10.3 Å². The van der Waals surface area contributed by atoms with Gasteiger partial charge in [-0.15, -0.1) is 0 Å². The standard InChI is InChI=1S/C16H21N3O3S/c1-12(2)18-15(20)9-11-19(23(3,21)22)14-8-4-6-13-7-5-10-17-16(13)14/h4-8,10,12H,9,11H2,1-3H3,(H,18,20). The number of rotatable bonds is 6. The number of sulfonamides is 1. The van der Waals surface area contributed by atoms with E-state index in [9.17, 15) is 13.2 Å². The molecule has 0 saturated heterocycles. The van der Waals surface area contributed by atoms with Crippen LogP contribution in [0.5, 0.6) is 0 Å². The summed E-state index contributed by atoms with van der Waals surface area (Å²) < 4.78 is 25.6. The summed E-state index contributed by atoms with van der Waals surface area (Å²) >= 11 is 0. The Morgan fingerprint density at radius 2 is 1.96 bits per heavy atom. The Labute approximate surface area is 136 Å². The minimum atomic E-state index is -3.52. The summed E-state index contributed by atoms with van der Waals surface area (Å²) in [5.41, 5.74) is 1.09. The van der Waals surface area contributed by atoms with Crippen molar-refractivity contribution in [3.8, 4) is 0 Å². The van der Waals surface area contributed by atoms with Crippen LogP contribution in [0.2, 0.25) is 0 Å². The monoisotopic (exact) mass is 335 g/mol. The van der Waals surface area contributed by atoms with Gasteiger partial charge in [0.25, 0.3) is 0 Å². The molecule has 2 aromatic rings. The van der Waals surface area contributed by atoms with Gasteiger partial charge in [0.05, 0.1) is 17.5 Å². The maximum Gasteiger partial charge on any atom is 0.232 e. The Kier molecular flexibility index (Phi) is 5.20. The number of amides is 1. The lowest BCUT2D eigenvalue weighted by molar-refractivity contribution is -0.121. The minimum absolute atomic E-state index is 0.0217. The van der Waals surface area contributed by atoms with Gasteiger partial charge in [0, 0.05) is 30.6 Å². The van der Waals surface area contributed by atoms with Crippen molar-refractivity contribution in [2.75, 3.05) is 17.1 Å². The van der Waals surface area contributed by atoms with Crippen LogP contribution in [0.15, 0.2) is 36.5 Å². The van der Waals surface area contributed by atoms with Crippen molar-refractivity contribution in [2.24, 2.45) is 0 Å². The summed E-state index contributed by atoms with van der Waals surface area (Å²) in [6, 6.07) is 9.05. The van der Waals surface area contributed by atoms with Crippen molar-refractivity contribution in [1.29, 1.82) is 0 Å². The second kappa shape index (κ2) is 6.95. The lowest BCUT2D eigenvalue weighted by Crippen LogP contribution is -2.36. The van der Waals surface area contributed by atoms with Gasteiger partial charge >= 0.3 is 0 Å². The molecular weight excluding hydrogens is 314 g/mol. The third kappa shape index (κ3) is 4.41. The second-order valence-electron chi connectivity index (χ2n) is 5.66. The third-order valence-electron chi connectivity index (χ3n) is 3.27. The van der Waals surface area contributed by atoms with Gasteiger partial charge in [-0.05, 0) is 26.0 Å². The molecule has 124 valence electrons. The number of nitrogens with one attached hydrogen (secondary N) is 1. The third-order valence-corrected chi connectivity index (χ3v) is 4.45. The molecule has 1 heterocycles. The lowest BCUT2D eigenvalue weighted by Gasteiger charge is -2.23. The number of pyridine rings is 1. The Morgan fingerprint density at radius 1 is 1.26 bits per heavy atom. The molecule has 0 saturated carbocycles. The number of carbonyl (C=O) groups is 1. The molecule has 0 unspecified atom stereocenters. The highest BCUT2D eigenvalue weighted by Crippen LogP contribution is 2.26. The number of nitrogens with zero attached hydrogens (tertiary/aromatic N) is 2. The van der Waals surface area contributed by atoms with Gasteiger partial charge in [0.2, 0.25) is 15.9 Å². The number of carbonyl (C=O) groups excluding carboxylic acids is 1. The van der Waals surface area contributed by atoms with Gasteiger partial charge < -0.3 is 5.32 Å². The molecule has 0 fully saturated rings. The highest BCUT2D eigenvalue weighted by molar-refractivity contribution is 7.92. The van der Waals surface area contributed by atoms with Gasteiger partial charge in [-0.25, -0.2) is 8.42 Å². The van der Waals surface area contributed by atoms with E-state index in [-0.39, 0.29) is 24.9 Å².